The van der Waals surface area contributed by atoms with Crippen molar-refractivity contribution in [1.82, 2.24) is 9.97 Å². The van der Waals surface area contributed by atoms with Crippen molar-refractivity contribution < 1.29 is 19.8 Å². The zero-order valence-electron chi connectivity index (χ0n) is 13.2. The number of aromatic nitrogens is 2. The van der Waals surface area contributed by atoms with E-state index in [1.165, 1.54) is 11.3 Å². The van der Waals surface area contributed by atoms with Crippen molar-refractivity contribution in [3.8, 4) is 17.1 Å². The highest BCUT2D eigenvalue weighted by molar-refractivity contribution is 7.08. The lowest BCUT2D eigenvalue weighted by molar-refractivity contribution is -0.115. The summed E-state index contributed by atoms with van der Waals surface area (Å²) in [5.41, 5.74) is -0.139. The summed E-state index contributed by atoms with van der Waals surface area (Å²) in [4.78, 5) is 41.2. The number of benzene rings is 1. The van der Waals surface area contributed by atoms with Crippen LogP contribution in [0.1, 0.15) is 16.1 Å². The molecule has 132 valence electrons. The fraction of sp³-hybridized carbons (Fsp3) is 0.0588. The fourth-order valence-electron chi connectivity index (χ4n) is 2.30. The van der Waals surface area contributed by atoms with Gasteiger partial charge in [-0.05, 0) is 5.56 Å². The summed E-state index contributed by atoms with van der Waals surface area (Å²) in [7, 11) is 0. The van der Waals surface area contributed by atoms with Crippen LogP contribution in [0.4, 0.5) is 5.69 Å². The molecule has 0 radical (unpaired) electrons. The molecule has 2 aromatic heterocycles. The van der Waals surface area contributed by atoms with Crippen molar-refractivity contribution in [1.29, 1.82) is 0 Å². The molecule has 0 atom stereocenters. The first-order chi connectivity index (χ1) is 12.5. The van der Waals surface area contributed by atoms with Crippen LogP contribution in [-0.4, -0.2) is 32.1 Å². The highest BCUT2D eigenvalue weighted by atomic mass is 32.1. The Labute approximate surface area is 150 Å². The second-order valence-electron chi connectivity index (χ2n) is 5.33. The molecule has 1 amide bonds. The molecular formula is C17H13N3O5S. The minimum Gasteiger partial charge on any atom is -0.501 e. The summed E-state index contributed by atoms with van der Waals surface area (Å²) >= 11 is 1.25. The number of aromatic amines is 1. The van der Waals surface area contributed by atoms with Crippen LogP contribution in [0, 0.1) is 0 Å². The van der Waals surface area contributed by atoms with Gasteiger partial charge in [0.15, 0.2) is 5.69 Å². The molecule has 0 aliphatic heterocycles. The van der Waals surface area contributed by atoms with Gasteiger partial charge in [0.25, 0.3) is 5.56 Å². The lowest BCUT2D eigenvalue weighted by Crippen LogP contribution is -2.17. The number of H-pyrrole nitrogens is 1. The standard InChI is InChI=1S/C17H13N3O5S/c21-12(6-9-4-2-1-3-5-9)18-11-8-26-7-10(11)15-19-13(17(24)25)14(22)16(23)20-15/h1-5,7-8,22H,6H2,(H,18,21)(H,24,25)(H,19,20,23). The number of carbonyl (C=O) groups excluding carboxylic acids is 1. The van der Waals surface area contributed by atoms with Gasteiger partial charge in [-0.3, -0.25) is 9.59 Å². The van der Waals surface area contributed by atoms with E-state index in [4.69, 9.17) is 5.11 Å². The zero-order chi connectivity index (χ0) is 18.7. The maximum absolute atomic E-state index is 12.2. The summed E-state index contributed by atoms with van der Waals surface area (Å²) in [6.45, 7) is 0. The van der Waals surface area contributed by atoms with Gasteiger partial charge < -0.3 is 20.5 Å². The van der Waals surface area contributed by atoms with Gasteiger partial charge in [0.05, 0.1) is 17.7 Å². The van der Waals surface area contributed by atoms with Crippen LogP contribution >= 0.6 is 11.3 Å². The number of carboxylic acids is 1. The van der Waals surface area contributed by atoms with Gasteiger partial charge in [0.1, 0.15) is 5.82 Å². The average molecular weight is 371 g/mol. The molecule has 3 aromatic rings. The Bertz CT molecular complexity index is 1030. The van der Waals surface area contributed by atoms with Crippen molar-refractivity contribution in [3.05, 3.63) is 62.7 Å². The predicted octanol–water partition coefficient (Wildman–Crippen LogP) is 2.08. The minimum absolute atomic E-state index is 0.0542. The molecule has 0 bridgehead atoms. The molecule has 9 heteroatoms. The number of amides is 1. The number of rotatable bonds is 5. The molecule has 8 nitrogen and oxygen atoms in total. The maximum atomic E-state index is 12.2. The first-order valence-corrected chi connectivity index (χ1v) is 8.37. The lowest BCUT2D eigenvalue weighted by atomic mass is 10.1. The van der Waals surface area contributed by atoms with Crippen LogP contribution in [0.25, 0.3) is 11.4 Å². The molecule has 0 saturated heterocycles. The number of hydrogen-bond acceptors (Lipinski definition) is 6. The largest absolute Gasteiger partial charge is 0.501 e. The van der Waals surface area contributed by atoms with Gasteiger partial charge in [0.2, 0.25) is 11.7 Å². The van der Waals surface area contributed by atoms with Gasteiger partial charge in [-0.1, -0.05) is 30.3 Å². The molecular weight excluding hydrogens is 358 g/mol. The predicted molar refractivity (Wildman–Crippen MR) is 95.6 cm³/mol. The van der Waals surface area contributed by atoms with Gasteiger partial charge in [-0.25, -0.2) is 9.78 Å². The van der Waals surface area contributed by atoms with E-state index in [0.29, 0.717) is 11.3 Å². The monoisotopic (exact) mass is 371 g/mol. The van der Waals surface area contributed by atoms with E-state index in [-0.39, 0.29) is 18.2 Å². The first-order valence-electron chi connectivity index (χ1n) is 7.42. The number of aromatic carboxylic acids is 1. The number of nitrogens with one attached hydrogen (secondary N) is 2. The second kappa shape index (κ2) is 7.19. The van der Waals surface area contributed by atoms with Gasteiger partial charge in [-0.15, -0.1) is 11.3 Å². The van der Waals surface area contributed by atoms with Crippen LogP contribution in [-0.2, 0) is 11.2 Å². The zero-order valence-corrected chi connectivity index (χ0v) is 14.0. The molecule has 0 aliphatic carbocycles. The summed E-state index contributed by atoms with van der Waals surface area (Å²) < 4.78 is 0. The first kappa shape index (κ1) is 17.4. The molecule has 26 heavy (non-hydrogen) atoms. The normalized spacial score (nSPS) is 10.5. The van der Waals surface area contributed by atoms with Crippen molar-refractivity contribution in [2.75, 3.05) is 5.32 Å². The molecule has 0 saturated carbocycles. The SMILES string of the molecule is O=C(Cc1ccccc1)Nc1cscc1-c1nc(C(=O)O)c(O)c(=O)[nH]1. The molecule has 1 aromatic carbocycles. The van der Waals surface area contributed by atoms with E-state index in [0.717, 1.165) is 5.56 Å². The molecule has 3 rings (SSSR count). The number of carbonyl (C=O) groups is 2. The fourth-order valence-corrected chi connectivity index (χ4v) is 3.06. The van der Waals surface area contributed by atoms with E-state index in [1.54, 1.807) is 10.8 Å². The van der Waals surface area contributed by atoms with E-state index in [9.17, 15) is 19.5 Å². The average Bonchev–Trinajstić information content (AvgIpc) is 3.05. The Morgan fingerprint density at radius 3 is 2.62 bits per heavy atom. The quantitative estimate of drug-likeness (QED) is 0.543. The molecule has 0 aliphatic rings. The van der Waals surface area contributed by atoms with Crippen molar-refractivity contribution >= 4 is 28.9 Å². The van der Waals surface area contributed by atoms with E-state index in [2.05, 4.69) is 15.3 Å². The third-order valence-corrected chi connectivity index (χ3v) is 4.24. The molecule has 4 N–H and O–H groups in total. The van der Waals surface area contributed by atoms with Crippen molar-refractivity contribution in [2.45, 2.75) is 6.42 Å². The van der Waals surface area contributed by atoms with E-state index in [1.807, 2.05) is 30.3 Å². The van der Waals surface area contributed by atoms with Crippen LogP contribution in [0.5, 0.6) is 5.75 Å². The summed E-state index contributed by atoms with van der Waals surface area (Å²) in [5, 5.41) is 24.5. The summed E-state index contributed by atoms with van der Waals surface area (Å²) in [6, 6.07) is 9.16. The van der Waals surface area contributed by atoms with Crippen LogP contribution < -0.4 is 10.9 Å². The van der Waals surface area contributed by atoms with Crippen LogP contribution in [0.15, 0.2) is 45.9 Å². The Kier molecular flexibility index (Phi) is 4.81. The maximum Gasteiger partial charge on any atom is 0.358 e. The highest BCUT2D eigenvalue weighted by Gasteiger charge is 2.19. The molecule has 0 unspecified atom stereocenters. The number of anilines is 1. The third-order valence-electron chi connectivity index (χ3n) is 3.50. The summed E-state index contributed by atoms with van der Waals surface area (Å²) in [5.74, 6) is -2.82. The Balaban J connectivity index is 1.88. The van der Waals surface area contributed by atoms with Gasteiger partial charge >= 0.3 is 5.97 Å². The van der Waals surface area contributed by atoms with Crippen LogP contribution in [0.3, 0.4) is 0 Å². The number of carboxylic acid groups (broad SMARTS) is 1. The second-order valence-corrected chi connectivity index (χ2v) is 6.07. The molecule has 0 spiro atoms. The van der Waals surface area contributed by atoms with E-state index >= 15 is 0 Å². The molecule has 2 heterocycles. The van der Waals surface area contributed by atoms with Gasteiger partial charge in [-0.2, -0.15) is 0 Å². The highest BCUT2D eigenvalue weighted by Crippen LogP contribution is 2.30. The van der Waals surface area contributed by atoms with Crippen molar-refractivity contribution in [2.24, 2.45) is 0 Å². The number of nitrogens with zero attached hydrogens (tertiary/aromatic N) is 1. The number of aromatic hydroxyl groups is 1. The Morgan fingerprint density at radius 1 is 1.19 bits per heavy atom. The lowest BCUT2D eigenvalue weighted by Gasteiger charge is -2.07. The van der Waals surface area contributed by atoms with Gasteiger partial charge in [0, 0.05) is 10.8 Å². The topological polar surface area (TPSA) is 132 Å². The van der Waals surface area contributed by atoms with Crippen LogP contribution in [0.2, 0.25) is 0 Å². The third kappa shape index (κ3) is 3.62. The number of thiophene rings is 1. The molecule has 0 fully saturated rings. The Morgan fingerprint density at radius 2 is 1.92 bits per heavy atom. The summed E-state index contributed by atoms with van der Waals surface area (Å²) in [6.07, 6.45) is 0.163. The smallest absolute Gasteiger partial charge is 0.358 e. The van der Waals surface area contributed by atoms with E-state index < -0.39 is 23.0 Å². The number of hydrogen-bond donors (Lipinski definition) is 4. The Hall–Kier alpha value is -3.46. The van der Waals surface area contributed by atoms with Crippen molar-refractivity contribution in [3.63, 3.8) is 0 Å². The minimum atomic E-state index is -1.53.